The molecule has 26 heavy (non-hydrogen) atoms. The van der Waals surface area contributed by atoms with Crippen molar-refractivity contribution < 1.29 is 14.6 Å². The van der Waals surface area contributed by atoms with Crippen molar-refractivity contribution in [2.45, 2.75) is 0 Å². The second kappa shape index (κ2) is 6.37. The Bertz CT molecular complexity index is 1120. The van der Waals surface area contributed by atoms with Crippen molar-refractivity contribution in [3.63, 3.8) is 0 Å². The third-order valence-electron chi connectivity index (χ3n) is 4.27. The molecule has 0 aliphatic heterocycles. The van der Waals surface area contributed by atoms with Crippen LogP contribution in [0.2, 0.25) is 0 Å². The van der Waals surface area contributed by atoms with Crippen molar-refractivity contribution >= 4 is 17.0 Å². The lowest BCUT2D eigenvalue weighted by Gasteiger charge is -2.06. The Kier molecular flexibility index (Phi) is 3.89. The van der Waals surface area contributed by atoms with Crippen LogP contribution in [0.25, 0.3) is 33.5 Å². The molecule has 2 N–H and O–H groups in total. The van der Waals surface area contributed by atoms with Gasteiger partial charge in [-0.3, -0.25) is 0 Å². The number of hydrogen-bond donors (Lipinski definition) is 2. The minimum atomic E-state index is -0.955. The molecule has 0 fully saturated rings. The van der Waals surface area contributed by atoms with Crippen molar-refractivity contribution in [1.29, 1.82) is 0 Å². The quantitative estimate of drug-likeness (QED) is 0.567. The van der Waals surface area contributed by atoms with Gasteiger partial charge in [0.15, 0.2) is 0 Å². The number of rotatable bonds is 4. The van der Waals surface area contributed by atoms with E-state index >= 15 is 0 Å². The lowest BCUT2D eigenvalue weighted by molar-refractivity contribution is 0.0697. The van der Waals surface area contributed by atoms with E-state index in [-0.39, 0.29) is 5.56 Å². The Hall–Kier alpha value is -3.60. The summed E-state index contributed by atoms with van der Waals surface area (Å²) < 4.78 is 5.30. The SMILES string of the molecule is COc1cccc(-c2cccc(-c3nc4ccc(C(=O)O)cc4[nH]3)c2)c1. The molecule has 0 atom stereocenters. The largest absolute Gasteiger partial charge is 0.497 e. The van der Waals surface area contributed by atoms with E-state index in [0.29, 0.717) is 11.3 Å². The van der Waals surface area contributed by atoms with Crippen LogP contribution in [0.15, 0.2) is 66.7 Å². The zero-order valence-electron chi connectivity index (χ0n) is 14.1. The van der Waals surface area contributed by atoms with Crippen LogP contribution in [0.4, 0.5) is 0 Å². The molecule has 3 aromatic carbocycles. The summed E-state index contributed by atoms with van der Waals surface area (Å²) in [6, 6.07) is 20.8. The van der Waals surface area contributed by atoms with E-state index in [1.54, 1.807) is 25.3 Å². The summed E-state index contributed by atoms with van der Waals surface area (Å²) in [5.74, 6) is 0.549. The number of methoxy groups -OCH3 is 1. The van der Waals surface area contributed by atoms with Crippen LogP contribution in [-0.2, 0) is 0 Å². The number of nitrogens with zero attached hydrogens (tertiary/aromatic N) is 1. The first kappa shape index (κ1) is 15.9. The van der Waals surface area contributed by atoms with Crippen molar-refractivity contribution in [3.8, 4) is 28.3 Å². The van der Waals surface area contributed by atoms with Crippen LogP contribution in [0.1, 0.15) is 10.4 Å². The maximum absolute atomic E-state index is 11.1. The summed E-state index contributed by atoms with van der Waals surface area (Å²) in [7, 11) is 1.65. The summed E-state index contributed by atoms with van der Waals surface area (Å²) in [6.45, 7) is 0. The number of benzene rings is 3. The first-order chi connectivity index (χ1) is 12.6. The van der Waals surface area contributed by atoms with Crippen LogP contribution in [-0.4, -0.2) is 28.2 Å². The molecule has 0 saturated carbocycles. The molecular formula is C21H16N2O3. The number of ether oxygens (including phenoxy) is 1. The minimum absolute atomic E-state index is 0.234. The second-order valence-corrected chi connectivity index (χ2v) is 5.94. The summed E-state index contributed by atoms with van der Waals surface area (Å²) in [5, 5.41) is 9.13. The van der Waals surface area contributed by atoms with Gasteiger partial charge in [-0.25, -0.2) is 9.78 Å². The van der Waals surface area contributed by atoms with Gasteiger partial charge in [0.05, 0.1) is 23.7 Å². The van der Waals surface area contributed by atoms with Gasteiger partial charge in [-0.05, 0) is 47.5 Å². The molecule has 1 aromatic heterocycles. The number of aromatic carboxylic acids is 1. The van der Waals surface area contributed by atoms with E-state index in [0.717, 1.165) is 28.0 Å². The van der Waals surface area contributed by atoms with Crippen LogP contribution >= 0.6 is 0 Å². The van der Waals surface area contributed by atoms with Crippen LogP contribution in [0, 0.1) is 0 Å². The lowest BCUT2D eigenvalue weighted by Crippen LogP contribution is -1.94. The summed E-state index contributed by atoms with van der Waals surface area (Å²) in [4.78, 5) is 18.9. The zero-order chi connectivity index (χ0) is 18.1. The minimum Gasteiger partial charge on any atom is -0.497 e. The summed E-state index contributed by atoms with van der Waals surface area (Å²) >= 11 is 0. The third-order valence-corrected chi connectivity index (χ3v) is 4.27. The Morgan fingerprint density at radius 1 is 0.962 bits per heavy atom. The Morgan fingerprint density at radius 3 is 2.46 bits per heavy atom. The lowest BCUT2D eigenvalue weighted by atomic mass is 10.0. The number of carbonyl (C=O) groups is 1. The predicted octanol–water partition coefficient (Wildman–Crippen LogP) is 4.60. The molecule has 5 heteroatoms. The van der Waals surface area contributed by atoms with Gasteiger partial charge in [0.2, 0.25) is 0 Å². The zero-order valence-corrected chi connectivity index (χ0v) is 14.1. The summed E-state index contributed by atoms with van der Waals surface area (Å²) in [6.07, 6.45) is 0. The van der Waals surface area contributed by atoms with Crippen molar-refractivity contribution in [3.05, 3.63) is 72.3 Å². The molecule has 4 aromatic rings. The van der Waals surface area contributed by atoms with Crippen LogP contribution in [0.5, 0.6) is 5.75 Å². The number of imidazole rings is 1. The van der Waals surface area contributed by atoms with Gasteiger partial charge in [-0.2, -0.15) is 0 Å². The van der Waals surface area contributed by atoms with E-state index < -0.39 is 5.97 Å². The maximum Gasteiger partial charge on any atom is 0.335 e. The van der Waals surface area contributed by atoms with Crippen molar-refractivity contribution in [2.24, 2.45) is 0 Å². The number of H-pyrrole nitrogens is 1. The fourth-order valence-electron chi connectivity index (χ4n) is 2.93. The molecule has 0 aliphatic carbocycles. The first-order valence-corrected chi connectivity index (χ1v) is 8.12. The highest BCUT2D eigenvalue weighted by Gasteiger charge is 2.10. The van der Waals surface area contributed by atoms with Crippen molar-refractivity contribution in [1.82, 2.24) is 9.97 Å². The van der Waals surface area contributed by atoms with Gasteiger partial charge in [0, 0.05) is 5.56 Å². The topological polar surface area (TPSA) is 75.2 Å². The molecule has 0 bridgehead atoms. The highest BCUT2D eigenvalue weighted by Crippen LogP contribution is 2.28. The standard InChI is InChI=1S/C21H16N2O3/c1-26-17-7-3-5-14(11-17)13-4-2-6-15(10-13)20-22-18-9-8-16(21(24)25)12-19(18)23-20/h2-12H,1H3,(H,22,23)(H,24,25). The van der Waals surface area contributed by atoms with Gasteiger partial charge in [0.1, 0.15) is 11.6 Å². The third kappa shape index (κ3) is 2.91. The number of carboxylic acids is 1. The molecule has 1 heterocycles. The Morgan fingerprint density at radius 2 is 1.69 bits per heavy atom. The number of aromatic nitrogens is 2. The predicted molar refractivity (Wildman–Crippen MR) is 100 cm³/mol. The van der Waals surface area contributed by atoms with E-state index in [9.17, 15) is 4.79 Å². The normalized spacial score (nSPS) is 10.8. The van der Waals surface area contributed by atoms with E-state index in [2.05, 4.69) is 9.97 Å². The molecule has 128 valence electrons. The molecular weight excluding hydrogens is 328 g/mol. The van der Waals surface area contributed by atoms with Gasteiger partial charge in [-0.1, -0.05) is 30.3 Å². The van der Waals surface area contributed by atoms with Gasteiger partial charge < -0.3 is 14.8 Å². The average Bonchev–Trinajstić information content (AvgIpc) is 3.11. The van der Waals surface area contributed by atoms with Gasteiger partial charge in [0.25, 0.3) is 0 Å². The molecule has 5 nitrogen and oxygen atoms in total. The fraction of sp³-hybridized carbons (Fsp3) is 0.0476. The number of nitrogens with one attached hydrogen (secondary N) is 1. The molecule has 0 amide bonds. The van der Waals surface area contributed by atoms with E-state index in [4.69, 9.17) is 9.84 Å². The number of carboxylic acid groups (broad SMARTS) is 1. The number of hydrogen-bond acceptors (Lipinski definition) is 3. The first-order valence-electron chi connectivity index (χ1n) is 8.12. The second-order valence-electron chi connectivity index (χ2n) is 5.94. The molecule has 0 unspecified atom stereocenters. The summed E-state index contributed by atoms with van der Waals surface area (Å²) in [5.41, 5.74) is 4.70. The Balaban J connectivity index is 1.76. The van der Waals surface area contributed by atoms with Crippen LogP contribution < -0.4 is 4.74 Å². The highest BCUT2D eigenvalue weighted by atomic mass is 16.5. The van der Waals surface area contributed by atoms with Crippen LogP contribution in [0.3, 0.4) is 0 Å². The number of aromatic amines is 1. The van der Waals surface area contributed by atoms with E-state index in [1.165, 1.54) is 0 Å². The van der Waals surface area contributed by atoms with Crippen molar-refractivity contribution in [2.75, 3.05) is 7.11 Å². The molecule has 0 radical (unpaired) electrons. The highest BCUT2D eigenvalue weighted by molar-refractivity contribution is 5.93. The van der Waals surface area contributed by atoms with Gasteiger partial charge >= 0.3 is 5.97 Å². The molecule has 0 spiro atoms. The molecule has 4 rings (SSSR count). The maximum atomic E-state index is 11.1. The monoisotopic (exact) mass is 344 g/mol. The van der Waals surface area contributed by atoms with E-state index in [1.807, 2.05) is 48.5 Å². The molecule has 0 saturated heterocycles. The smallest absolute Gasteiger partial charge is 0.335 e. The average molecular weight is 344 g/mol. The molecule has 0 aliphatic rings. The number of fused-ring (bicyclic) bond motifs is 1. The fourth-order valence-corrected chi connectivity index (χ4v) is 2.93. The Labute approximate surface area is 149 Å². The van der Waals surface area contributed by atoms with Gasteiger partial charge in [-0.15, -0.1) is 0 Å².